The average Bonchev–Trinajstić information content (AvgIpc) is 2.41. The summed E-state index contributed by atoms with van der Waals surface area (Å²) in [4.78, 5) is -0.180. The van der Waals surface area contributed by atoms with Gasteiger partial charge in [-0.2, -0.15) is 0 Å². The number of nitrogens with one attached hydrogen (secondary N) is 1. The maximum atomic E-state index is 13.4. The molecule has 0 amide bonds. The summed E-state index contributed by atoms with van der Waals surface area (Å²) in [6.45, 7) is -0.204. The third-order valence-electron chi connectivity index (χ3n) is 2.61. The van der Waals surface area contributed by atoms with Crippen molar-refractivity contribution in [2.24, 2.45) is 0 Å². The average molecular weight is 318 g/mol. The first-order valence-electron chi connectivity index (χ1n) is 5.58. The van der Waals surface area contributed by atoms with Gasteiger partial charge in [0.15, 0.2) is 0 Å². The minimum Gasteiger partial charge on any atom is -0.207 e. The topological polar surface area (TPSA) is 46.2 Å². The molecule has 0 unspecified atom stereocenters. The standard InChI is InChI=1S/C13H10ClF2NO2S/c14-11-7-10(5-6-13(11)16)20(18,19)17-8-9-3-1-2-4-12(9)15/h1-7,17H,8H2. The first kappa shape index (κ1) is 14.9. The second-order valence-corrected chi connectivity index (χ2v) is 6.17. The van der Waals surface area contributed by atoms with Gasteiger partial charge >= 0.3 is 0 Å². The Hall–Kier alpha value is -1.50. The number of rotatable bonds is 4. The molecular formula is C13H10ClF2NO2S. The van der Waals surface area contributed by atoms with Gasteiger partial charge in [0, 0.05) is 12.1 Å². The zero-order valence-electron chi connectivity index (χ0n) is 10.1. The van der Waals surface area contributed by atoms with Crippen molar-refractivity contribution >= 4 is 21.6 Å². The number of hydrogen-bond donors (Lipinski definition) is 1. The van der Waals surface area contributed by atoms with Crippen LogP contribution >= 0.6 is 11.6 Å². The van der Waals surface area contributed by atoms with E-state index in [0.717, 1.165) is 18.2 Å². The Kier molecular flexibility index (Phi) is 4.37. The van der Waals surface area contributed by atoms with Crippen molar-refractivity contribution in [3.8, 4) is 0 Å². The molecule has 0 aromatic heterocycles. The summed E-state index contributed by atoms with van der Waals surface area (Å²) in [5.74, 6) is -1.22. The molecule has 0 saturated heterocycles. The van der Waals surface area contributed by atoms with Crippen LogP contribution in [-0.2, 0) is 16.6 Å². The molecule has 0 spiro atoms. The Labute approximate surface area is 120 Å². The van der Waals surface area contributed by atoms with Crippen LogP contribution in [0.2, 0.25) is 5.02 Å². The highest BCUT2D eigenvalue weighted by molar-refractivity contribution is 7.89. The Bertz CT molecular complexity index is 735. The van der Waals surface area contributed by atoms with E-state index in [1.165, 1.54) is 18.2 Å². The highest BCUT2D eigenvalue weighted by Gasteiger charge is 2.16. The predicted octanol–water partition coefficient (Wildman–Crippen LogP) is 3.10. The summed E-state index contributed by atoms with van der Waals surface area (Å²) >= 11 is 5.54. The van der Waals surface area contributed by atoms with E-state index in [1.807, 2.05) is 0 Å². The third-order valence-corrected chi connectivity index (χ3v) is 4.30. The molecule has 0 saturated carbocycles. The maximum Gasteiger partial charge on any atom is 0.240 e. The molecule has 3 nitrogen and oxygen atoms in total. The molecule has 0 aliphatic heterocycles. The molecular weight excluding hydrogens is 308 g/mol. The van der Waals surface area contributed by atoms with E-state index in [1.54, 1.807) is 6.07 Å². The van der Waals surface area contributed by atoms with E-state index in [9.17, 15) is 17.2 Å². The lowest BCUT2D eigenvalue weighted by Crippen LogP contribution is -2.23. The molecule has 2 rings (SSSR count). The summed E-state index contributed by atoms with van der Waals surface area (Å²) in [6.07, 6.45) is 0. The van der Waals surface area contributed by atoms with Crippen LogP contribution in [-0.4, -0.2) is 8.42 Å². The zero-order valence-corrected chi connectivity index (χ0v) is 11.7. The van der Waals surface area contributed by atoms with Crippen molar-refractivity contribution in [3.63, 3.8) is 0 Å². The lowest BCUT2D eigenvalue weighted by molar-refractivity contribution is 0.573. The van der Waals surface area contributed by atoms with Crippen LogP contribution in [0.25, 0.3) is 0 Å². The highest BCUT2D eigenvalue weighted by atomic mass is 35.5. The quantitative estimate of drug-likeness (QED) is 0.942. The van der Waals surface area contributed by atoms with E-state index in [-0.39, 0.29) is 22.0 Å². The van der Waals surface area contributed by atoms with Crippen molar-refractivity contribution in [2.45, 2.75) is 11.4 Å². The smallest absolute Gasteiger partial charge is 0.207 e. The van der Waals surface area contributed by atoms with Crippen molar-refractivity contribution in [3.05, 3.63) is 64.7 Å². The summed E-state index contributed by atoms with van der Waals surface area (Å²) in [5.41, 5.74) is 0.212. The van der Waals surface area contributed by atoms with Gasteiger partial charge in [-0.3, -0.25) is 0 Å². The Morgan fingerprint density at radius 2 is 1.75 bits per heavy atom. The van der Waals surface area contributed by atoms with Crippen LogP contribution in [0.3, 0.4) is 0 Å². The summed E-state index contributed by atoms with van der Waals surface area (Å²) in [5, 5.41) is -0.293. The monoisotopic (exact) mass is 317 g/mol. The van der Waals surface area contributed by atoms with Gasteiger partial charge in [-0.25, -0.2) is 21.9 Å². The summed E-state index contributed by atoms with van der Waals surface area (Å²) in [6, 6.07) is 8.86. The van der Waals surface area contributed by atoms with E-state index < -0.39 is 21.7 Å². The van der Waals surface area contributed by atoms with Crippen molar-refractivity contribution in [2.75, 3.05) is 0 Å². The lowest BCUT2D eigenvalue weighted by atomic mass is 10.2. The van der Waals surface area contributed by atoms with Gasteiger partial charge in [0.25, 0.3) is 0 Å². The van der Waals surface area contributed by atoms with E-state index in [2.05, 4.69) is 4.72 Å². The van der Waals surface area contributed by atoms with Gasteiger partial charge in [-0.05, 0) is 24.3 Å². The maximum absolute atomic E-state index is 13.4. The first-order chi connectivity index (χ1) is 9.40. The lowest BCUT2D eigenvalue weighted by Gasteiger charge is -2.08. The minimum absolute atomic E-state index is 0.180. The van der Waals surface area contributed by atoms with Gasteiger partial charge in [-0.1, -0.05) is 29.8 Å². The molecule has 0 heterocycles. The van der Waals surface area contributed by atoms with Crippen LogP contribution in [0, 0.1) is 11.6 Å². The molecule has 2 aromatic rings. The largest absolute Gasteiger partial charge is 0.240 e. The van der Waals surface area contributed by atoms with Gasteiger partial charge in [0.05, 0.1) is 9.92 Å². The van der Waals surface area contributed by atoms with Gasteiger partial charge in [0.1, 0.15) is 11.6 Å². The molecule has 7 heteroatoms. The Morgan fingerprint density at radius 3 is 2.40 bits per heavy atom. The molecule has 20 heavy (non-hydrogen) atoms. The molecule has 0 bridgehead atoms. The van der Waals surface area contributed by atoms with Crippen LogP contribution in [0.1, 0.15) is 5.56 Å². The second-order valence-electron chi connectivity index (χ2n) is 3.99. The zero-order chi connectivity index (χ0) is 14.8. The molecule has 0 fully saturated rings. The number of benzene rings is 2. The summed E-state index contributed by atoms with van der Waals surface area (Å²) < 4.78 is 52.5. The molecule has 1 N–H and O–H groups in total. The van der Waals surface area contributed by atoms with Crippen molar-refractivity contribution in [1.29, 1.82) is 0 Å². The van der Waals surface area contributed by atoms with Crippen molar-refractivity contribution in [1.82, 2.24) is 4.72 Å². The first-order valence-corrected chi connectivity index (χ1v) is 7.44. The SMILES string of the molecule is O=S(=O)(NCc1ccccc1F)c1ccc(F)c(Cl)c1. The second kappa shape index (κ2) is 5.87. The number of sulfonamides is 1. The van der Waals surface area contributed by atoms with Crippen LogP contribution in [0.4, 0.5) is 8.78 Å². The molecule has 0 radical (unpaired) electrons. The van der Waals surface area contributed by atoms with E-state index in [4.69, 9.17) is 11.6 Å². The molecule has 106 valence electrons. The van der Waals surface area contributed by atoms with Gasteiger partial charge in [0.2, 0.25) is 10.0 Å². The van der Waals surface area contributed by atoms with Crippen LogP contribution < -0.4 is 4.72 Å². The van der Waals surface area contributed by atoms with Crippen molar-refractivity contribution < 1.29 is 17.2 Å². The fourth-order valence-electron chi connectivity index (χ4n) is 1.54. The fraction of sp³-hybridized carbons (Fsp3) is 0.0769. The fourth-order valence-corrected chi connectivity index (χ4v) is 2.82. The number of hydrogen-bond acceptors (Lipinski definition) is 2. The molecule has 0 atom stereocenters. The Balaban J connectivity index is 2.19. The van der Waals surface area contributed by atoms with Crippen LogP contribution in [0.5, 0.6) is 0 Å². The third kappa shape index (κ3) is 3.33. The van der Waals surface area contributed by atoms with Gasteiger partial charge in [-0.15, -0.1) is 0 Å². The Morgan fingerprint density at radius 1 is 1.05 bits per heavy atom. The number of halogens is 3. The normalized spacial score (nSPS) is 11.6. The molecule has 2 aromatic carbocycles. The minimum atomic E-state index is -3.88. The molecule has 0 aliphatic carbocycles. The predicted molar refractivity (Wildman–Crippen MR) is 71.8 cm³/mol. The van der Waals surface area contributed by atoms with Crippen LogP contribution in [0.15, 0.2) is 47.4 Å². The van der Waals surface area contributed by atoms with E-state index in [0.29, 0.717) is 0 Å². The van der Waals surface area contributed by atoms with E-state index >= 15 is 0 Å². The highest BCUT2D eigenvalue weighted by Crippen LogP contribution is 2.19. The summed E-state index contributed by atoms with van der Waals surface area (Å²) in [7, 11) is -3.88. The van der Waals surface area contributed by atoms with Gasteiger partial charge < -0.3 is 0 Å². The molecule has 0 aliphatic rings.